The standard InChI is InChI=1S/C12H14N2O4/c1-3-13-8-7-9-5-4-6-10(12(15)18-2)11(9)14(16)17/h4-8,13H,3H2,1-2H3. The van der Waals surface area contributed by atoms with E-state index in [0.29, 0.717) is 12.1 Å². The number of carbonyl (C=O) groups excluding carboxylic acids is 1. The number of para-hydroxylation sites is 1. The molecule has 0 fully saturated rings. The molecule has 18 heavy (non-hydrogen) atoms. The zero-order valence-electron chi connectivity index (χ0n) is 10.2. The molecule has 0 aromatic heterocycles. The number of nitro groups is 1. The van der Waals surface area contributed by atoms with Crippen LogP contribution < -0.4 is 5.32 Å². The molecule has 96 valence electrons. The van der Waals surface area contributed by atoms with Crippen LogP contribution in [0.1, 0.15) is 22.8 Å². The first-order chi connectivity index (χ1) is 8.61. The third-order valence-electron chi connectivity index (χ3n) is 2.24. The maximum absolute atomic E-state index is 11.5. The molecular formula is C12H14N2O4. The molecule has 0 aliphatic rings. The first-order valence-electron chi connectivity index (χ1n) is 5.37. The lowest BCUT2D eigenvalue weighted by atomic mass is 10.1. The third kappa shape index (κ3) is 3.07. The average molecular weight is 250 g/mol. The summed E-state index contributed by atoms with van der Waals surface area (Å²) >= 11 is 0. The first kappa shape index (κ1) is 13.7. The molecular weight excluding hydrogens is 236 g/mol. The predicted molar refractivity (Wildman–Crippen MR) is 67.1 cm³/mol. The molecule has 0 aliphatic carbocycles. The van der Waals surface area contributed by atoms with Crippen LogP contribution in [0.4, 0.5) is 5.69 Å². The van der Waals surface area contributed by atoms with Gasteiger partial charge in [-0.3, -0.25) is 10.1 Å². The Labute approximate surface area is 104 Å². The minimum atomic E-state index is -0.722. The van der Waals surface area contributed by atoms with Gasteiger partial charge in [0.2, 0.25) is 0 Å². The second-order valence-electron chi connectivity index (χ2n) is 3.38. The summed E-state index contributed by atoms with van der Waals surface area (Å²) in [5.74, 6) is -0.722. The number of hydrogen-bond donors (Lipinski definition) is 1. The minimum absolute atomic E-state index is 0.0545. The van der Waals surface area contributed by atoms with Gasteiger partial charge in [0.1, 0.15) is 5.56 Å². The van der Waals surface area contributed by atoms with Crippen molar-refractivity contribution in [2.45, 2.75) is 6.92 Å². The Hall–Kier alpha value is -2.37. The van der Waals surface area contributed by atoms with E-state index in [9.17, 15) is 14.9 Å². The quantitative estimate of drug-likeness (QED) is 0.490. The fourth-order valence-electron chi connectivity index (χ4n) is 1.44. The van der Waals surface area contributed by atoms with Gasteiger partial charge in [-0.25, -0.2) is 4.79 Å². The maximum Gasteiger partial charge on any atom is 0.344 e. The Morgan fingerprint density at radius 1 is 1.56 bits per heavy atom. The molecule has 1 aromatic rings. The number of nitrogens with zero attached hydrogens (tertiary/aromatic N) is 1. The van der Waals surface area contributed by atoms with Gasteiger partial charge in [-0.15, -0.1) is 0 Å². The van der Waals surface area contributed by atoms with Crippen LogP contribution in [0, 0.1) is 10.1 Å². The van der Waals surface area contributed by atoms with Gasteiger partial charge in [0, 0.05) is 6.54 Å². The summed E-state index contributed by atoms with van der Waals surface area (Å²) in [4.78, 5) is 21.9. The number of methoxy groups -OCH3 is 1. The summed E-state index contributed by atoms with van der Waals surface area (Å²) in [5.41, 5.74) is 0.0449. The van der Waals surface area contributed by atoms with Crippen molar-refractivity contribution in [1.29, 1.82) is 0 Å². The second-order valence-corrected chi connectivity index (χ2v) is 3.38. The van der Waals surface area contributed by atoms with E-state index in [2.05, 4.69) is 10.1 Å². The second kappa shape index (κ2) is 6.39. The molecule has 0 saturated heterocycles. The highest BCUT2D eigenvalue weighted by Crippen LogP contribution is 2.25. The fraction of sp³-hybridized carbons (Fsp3) is 0.250. The molecule has 0 unspecified atom stereocenters. The summed E-state index contributed by atoms with van der Waals surface area (Å²) in [6, 6.07) is 4.51. The number of nitro benzene ring substituents is 1. The minimum Gasteiger partial charge on any atom is -0.465 e. The lowest BCUT2D eigenvalue weighted by molar-refractivity contribution is -0.385. The Balaban J connectivity index is 3.26. The van der Waals surface area contributed by atoms with E-state index in [0.717, 1.165) is 0 Å². The molecule has 6 nitrogen and oxygen atoms in total. The molecule has 6 heteroatoms. The van der Waals surface area contributed by atoms with Crippen molar-refractivity contribution in [2.24, 2.45) is 0 Å². The van der Waals surface area contributed by atoms with Crippen LogP contribution in [0.5, 0.6) is 0 Å². The molecule has 0 bridgehead atoms. The van der Waals surface area contributed by atoms with Crippen molar-refractivity contribution in [3.05, 3.63) is 45.6 Å². The van der Waals surface area contributed by atoms with E-state index >= 15 is 0 Å². The van der Waals surface area contributed by atoms with Gasteiger partial charge in [-0.1, -0.05) is 6.07 Å². The summed E-state index contributed by atoms with van der Waals surface area (Å²) in [6.07, 6.45) is 3.15. The third-order valence-corrected chi connectivity index (χ3v) is 2.24. The monoisotopic (exact) mass is 250 g/mol. The van der Waals surface area contributed by atoms with Crippen molar-refractivity contribution in [1.82, 2.24) is 5.32 Å². The van der Waals surface area contributed by atoms with E-state index in [-0.39, 0.29) is 11.3 Å². The summed E-state index contributed by atoms with van der Waals surface area (Å²) < 4.78 is 4.52. The van der Waals surface area contributed by atoms with Crippen molar-refractivity contribution in [3.63, 3.8) is 0 Å². The molecule has 1 rings (SSSR count). The van der Waals surface area contributed by atoms with Crippen LogP contribution in [0.25, 0.3) is 6.08 Å². The molecule has 1 aromatic carbocycles. The molecule has 0 amide bonds. The number of nitrogens with one attached hydrogen (secondary N) is 1. The summed E-state index contributed by atoms with van der Waals surface area (Å²) in [7, 11) is 1.19. The van der Waals surface area contributed by atoms with Gasteiger partial charge in [-0.2, -0.15) is 0 Å². The maximum atomic E-state index is 11.5. The topological polar surface area (TPSA) is 81.5 Å². The zero-order chi connectivity index (χ0) is 13.5. The highest BCUT2D eigenvalue weighted by atomic mass is 16.6. The van der Waals surface area contributed by atoms with Crippen LogP contribution in [0.2, 0.25) is 0 Å². The number of carbonyl (C=O) groups is 1. The van der Waals surface area contributed by atoms with Crippen molar-refractivity contribution in [3.8, 4) is 0 Å². The first-order valence-corrected chi connectivity index (χ1v) is 5.37. The SMILES string of the molecule is CCNC=Cc1cccc(C(=O)OC)c1[N+](=O)[O-]. The van der Waals surface area contributed by atoms with Crippen molar-refractivity contribution >= 4 is 17.7 Å². The smallest absolute Gasteiger partial charge is 0.344 e. The zero-order valence-corrected chi connectivity index (χ0v) is 10.2. The Morgan fingerprint density at radius 2 is 2.28 bits per heavy atom. The van der Waals surface area contributed by atoms with Gasteiger partial charge in [0.05, 0.1) is 17.6 Å². The van der Waals surface area contributed by atoms with Gasteiger partial charge in [-0.05, 0) is 31.3 Å². The van der Waals surface area contributed by atoms with Gasteiger partial charge >= 0.3 is 5.97 Å². The molecule has 0 heterocycles. The average Bonchev–Trinajstić information content (AvgIpc) is 2.37. The molecule has 0 atom stereocenters. The van der Waals surface area contributed by atoms with Crippen LogP contribution in [0.15, 0.2) is 24.4 Å². The number of esters is 1. The van der Waals surface area contributed by atoms with E-state index in [1.54, 1.807) is 24.4 Å². The number of rotatable bonds is 5. The summed E-state index contributed by atoms with van der Waals surface area (Å²) in [5, 5.41) is 13.9. The molecule has 0 spiro atoms. The van der Waals surface area contributed by atoms with Gasteiger partial charge in [0.25, 0.3) is 5.69 Å². The lowest BCUT2D eigenvalue weighted by Crippen LogP contribution is -2.07. The van der Waals surface area contributed by atoms with Crippen LogP contribution in [-0.4, -0.2) is 24.5 Å². The van der Waals surface area contributed by atoms with E-state index in [1.165, 1.54) is 13.2 Å². The van der Waals surface area contributed by atoms with Gasteiger partial charge < -0.3 is 10.1 Å². The number of benzene rings is 1. The van der Waals surface area contributed by atoms with Crippen molar-refractivity contribution in [2.75, 3.05) is 13.7 Å². The predicted octanol–water partition coefficient (Wildman–Crippen LogP) is 1.96. The number of hydrogen-bond acceptors (Lipinski definition) is 5. The van der Waals surface area contributed by atoms with E-state index < -0.39 is 10.9 Å². The van der Waals surface area contributed by atoms with E-state index in [1.807, 2.05) is 6.92 Å². The highest BCUT2D eigenvalue weighted by Gasteiger charge is 2.23. The Bertz CT molecular complexity index is 483. The normalized spacial score (nSPS) is 10.3. The highest BCUT2D eigenvalue weighted by molar-refractivity contribution is 5.95. The summed E-state index contributed by atoms with van der Waals surface area (Å²) in [6.45, 7) is 2.62. The molecule has 1 N–H and O–H groups in total. The van der Waals surface area contributed by atoms with Crippen molar-refractivity contribution < 1.29 is 14.5 Å². The van der Waals surface area contributed by atoms with Crippen LogP contribution in [-0.2, 0) is 4.74 Å². The molecule has 0 saturated carbocycles. The number of ether oxygens (including phenoxy) is 1. The molecule has 0 radical (unpaired) electrons. The Morgan fingerprint density at radius 3 is 2.83 bits per heavy atom. The van der Waals surface area contributed by atoms with Crippen LogP contribution >= 0.6 is 0 Å². The van der Waals surface area contributed by atoms with Gasteiger partial charge in [0.15, 0.2) is 0 Å². The van der Waals surface area contributed by atoms with E-state index in [4.69, 9.17) is 0 Å². The van der Waals surface area contributed by atoms with Crippen LogP contribution in [0.3, 0.4) is 0 Å². The fourth-order valence-corrected chi connectivity index (χ4v) is 1.44. The Kier molecular flexibility index (Phi) is 4.86. The lowest BCUT2D eigenvalue weighted by Gasteiger charge is -2.03. The largest absolute Gasteiger partial charge is 0.465 e. The molecule has 0 aliphatic heterocycles.